The molecular weight excluding hydrogens is 374 g/mol. The highest BCUT2D eigenvalue weighted by molar-refractivity contribution is 5.78. The molecule has 3 rings (SSSR count). The first-order chi connectivity index (χ1) is 13.3. The SMILES string of the molecule is CC(=O)OCC1OC(n2cnc3c2NC=NC3N)C(OC(C)=O)C1OC(C)=O. The molecule has 1 fully saturated rings. The molecule has 1 aromatic rings. The summed E-state index contributed by atoms with van der Waals surface area (Å²) in [4.78, 5) is 42.7. The molecule has 28 heavy (non-hydrogen) atoms. The molecule has 12 heteroatoms. The third kappa shape index (κ3) is 3.97. The van der Waals surface area contributed by atoms with Crippen molar-refractivity contribution in [2.45, 2.75) is 51.5 Å². The van der Waals surface area contributed by atoms with Gasteiger partial charge in [0.2, 0.25) is 0 Å². The molecule has 5 unspecified atom stereocenters. The van der Waals surface area contributed by atoms with Crippen LogP contribution >= 0.6 is 0 Å². The Kier molecular flexibility index (Phi) is 5.61. The molecule has 1 aromatic heterocycles. The van der Waals surface area contributed by atoms with Crippen LogP contribution in [0, 0.1) is 0 Å². The summed E-state index contributed by atoms with van der Waals surface area (Å²) in [6, 6.07) is 0. The van der Waals surface area contributed by atoms with Crippen LogP contribution in [0.15, 0.2) is 11.3 Å². The third-order valence-corrected chi connectivity index (χ3v) is 4.15. The van der Waals surface area contributed by atoms with E-state index in [2.05, 4.69) is 15.3 Å². The second-order valence-electron chi connectivity index (χ2n) is 6.27. The fourth-order valence-electron chi connectivity index (χ4n) is 3.10. The number of anilines is 1. The van der Waals surface area contributed by atoms with Gasteiger partial charge >= 0.3 is 17.9 Å². The van der Waals surface area contributed by atoms with Crippen LogP contribution in [0.25, 0.3) is 0 Å². The Morgan fingerprint density at radius 3 is 2.50 bits per heavy atom. The summed E-state index contributed by atoms with van der Waals surface area (Å²) in [5.74, 6) is -1.22. The predicted molar refractivity (Wildman–Crippen MR) is 92.9 cm³/mol. The smallest absolute Gasteiger partial charge is 0.303 e. The largest absolute Gasteiger partial charge is 0.463 e. The summed E-state index contributed by atoms with van der Waals surface area (Å²) in [5.41, 5.74) is 6.38. The molecule has 0 radical (unpaired) electrons. The quantitative estimate of drug-likeness (QED) is 0.497. The first kappa shape index (κ1) is 19.8. The molecule has 1 saturated heterocycles. The van der Waals surface area contributed by atoms with Crippen LogP contribution < -0.4 is 11.1 Å². The number of imidazole rings is 1. The van der Waals surface area contributed by atoms with Gasteiger partial charge in [0.15, 0.2) is 18.4 Å². The molecule has 0 amide bonds. The van der Waals surface area contributed by atoms with Crippen molar-refractivity contribution in [3.63, 3.8) is 0 Å². The van der Waals surface area contributed by atoms with E-state index < -0.39 is 48.6 Å². The fourth-order valence-corrected chi connectivity index (χ4v) is 3.10. The molecule has 12 nitrogen and oxygen atoms in total. The summed E-state index contributed by atoms with van der Waals surface area (Å²) in [7, 11) is 0. The number of rotatable bonds is 5. The molecule has 2 aliphatic heterocycles. The van der Waals surface area contributed by atoms with E-state index in [4.69, 9.17) is 24.7 Å². The van der Waals surface area contributed by atoms with E-state index in [0.717, 1.165) is 0 Å². The van der Waals surface area contributed by atoms with E-state index in [1.165, 1.54) is 33.4 Å². The Balaban J connectivity index is 1.95. The van der Waals surface area contributed by atoms with Gasteiger partial charge in [0.05, 0.1) is 12.7 Å². The number of aliphatic imine (C=N–C) groups is 1. The number of aromatic nitrogens is 2. The maximum absolute atomic E-state index is 11.7. The van der Waals surface area contributed by atoms with E-state index in [1.54, 1.807) is 4.57 Å². The Bertz CT molecular complexity index is 807. The van der Waals surface area contributed by atoms with Crippen molar-refractivity contribution < 1.29 is 33.3 Å². The van der Waals surface area contributed by atoms with Gasteiger partial charge in [0.1, 0.15) is 30.4 Å². The van der Waals surface area contributed by atoms with Crippen LogP contribution in [0.4, 0.5) is 5.82 Å². The van der Waals surface area contributed by atoms with Crippen LogP contribution in [0.2, 0.25) is 0 Å². The van der Waals surface area contributed by atoms with Gasteiger partial charge in [-0.2, -0.15) is 0 Å². The average molecular weight is 395 g/mol. The standard InChI is InChI=1S/C16H21N5O7/c1-7(22)25-4-10-12(26-8(2)23)13(27-9(3)24)16(28-10)21-6-20-11-14(17)18-5-19-15(11)21/h5-6,10,12-14,16H,4,17H2,1-3H3,(H,18,19). The monoisotopic (exact) mass is 395 g/mol. The summed E-state index contributed by atoms with van der Waals surface area (Å²) < 4.78 is 23.2. The number of esters is 3. The van der Waals surface area contributed by atoms with Gasteiger partial charge in [-0.05, 0) is 0 Å². The number of nitrogens with two attached hydrogens (primary N) is 1. The van der Waals surface area contributed by atoms with E-state index >= 15 is 0 Å². The zero-order valence-corrected chi connectivity index (χ0v) is 15.5. The molecule has 0 aromatic carbocycles. The molecule has 0 spiro atoms. The van der Waals surface area contributed by atoms with Crippen LogP contribution in [-0.4, -0.2) is 58.7 Å². The minimum atomic E-state index is -1.00. The van der Waals surface area contributed by atoms with Crippen molar-refractivity contribution in [3.05, 3.63) is 12.0 Å². The highest BCUT2D eigenvalue weighted by atomic mass is 16.7. The lowest BCUT2D eigenvalue weighted by Gasteiger charge is -2.25. The molecule has 0 saturated carbocycles. The zero-order chi connectivity index (χ0) is 20.4. The summed E-state index contributed by atoms with van der Waals surface area (Å²) >= 11 is 0. The van der Waals surface area contributed by atoms with Crippen LogP contribution in [-0.2, 0) is 33.3 Å². The fraction of sp³-hybridized carbons (Fsp3) is 0.562. The van der Waals surface area contributed by atoms with Crippen molar-refractivity contribution >= 4 is 30.1 Å². The molecule has 152 valence electrons. The Hall–Kier alpha value is -2.99. The summed E-state index contributed by atoms with van der Waals surface area (Å²) in [6.07, 6.45) is -1.55. The van der Waals surface area contributed by atoms with Crippen LogP contribution in [0.3, 0.4) is 0 Å². The molecule has 3 N–H and O–H groups in total. The molecule has 0 bridgehead atoms. The number of nitrogens with one attached hydrogen (secondary N) is 1. The minimum absolute atomic E-state index is 0.188. The number of carbonyl (C=O) groups excluding carboxylic acids is 3. The number of ether oxygens (including phenoxy) is 4. The van der Waals surface area contributed by atoms with Gasteiger partial charge in [-0.15, -0.1) is 0 Å². The third-order valence-electron chi connectivity index (χ3n) is 4.15. The van der Waals surface area contributed by atoms with Crippen molar-refractivity contribution in [1.29, 1.82) is 0 Å². The van der Waals surface area contributed by atoms with Crippen LogP contribution in [0.1, 0.15) is 38.9 Å². The number of fused-ring (bicyclic) bond motifs is 1. The van der Waals surface area contributed by atoms with Gasteiger partial charge in [-0.1, -0.05) is 0 Å². The topological polar surface area (TPSA) is 156 Å². The van der Waals surface area contributed by atoms with Crippen LogP contribution in [0.5, 0.6) is 0 Å². The molecule has 3 heterocycles. The lowest BCUT2D eigenvalue weighted by molar-refractivity contribution is -0.166. The Morgan fingerprint density at radius 2 is 1.86 bits per heavy atom. The first-order valence-electron chi connectivity index (χ1n) is 8.51. The van der Waals surface area contributed by atoms with Gasteiger partial charge in [0, 0.05) is 20.8 Å². The highest BCUT2D eigenvalue weighted by Crippen LogP contribution is 2.38. The Morgan fingerprint density at radius 1 is 1.18 bits per heavy atom. The molecular formula is C16H21N5O7. The molecule has 0 aliphatic carbocycles. The summed E-state index contributed by atoms with van der Waals surface area (Å²) in [6.45, 7) is 3.50. The normalized spacial score (nSPS) is 28.2. The maximum atomic E-state index is 11.7. The van der Waals surface area contributed by atoms with Crippen molar-refractivity contribution in [2.24, 2.45) is 10.7 Å². The van der Waals surface area contributed by atoms with E-state index in [9.17, 15) is 14.4 Å². The number of nitrogens with zero attached hydrogens (tertiary/aromatic N) is 3. The predicted octanol–water partition coefficient (Wildman–Crippen LogP) is -0.382. The Labute approximate surface area is 160 Å². The van der Waals surface area contributed by atoms with Gasteiger partial charge in [0.25, 0.3) is 0 Å². The van der Waals surface area contributed by atoms with Gasteiger partial charge in [-0.3, -0.25) is 23.9 Å². The van der Waals surface area contributed by atoms with E-state index in [-0.39, 0.29) is 6.61 Å². The van der Waals surface area contributed by atoms with Crippen molar-refractivity contribution in [3.8, 4) is 0 Å². The number of hydrogen-bond acceptors (Lipinski definition) is 11. The maximum Gasteiger partial charge on any atom is 0.303 e. The first-order valence-corrected chi connectivity index (χ1v) is 8.51. The highest BCUT2D eigenvalue weighted by Gasteiger charge is 2.51. The number of hydrogen-bond donors (Lipinski definition) is 2. The van der Waals surface area contributed by atoms with E-state index in [1.807, 2.05) is 0 Å². The van der Waals surface area contributed by atoms with E-state index in [0.29, 0.717) is 11.5 Å². The second-order valence-corrected chi connectivity index (χ2v) is 6.27. The second kappa shape index (κ2) is 7.94. The lowest BCUT2D eigenvalue weighted by atomic mass is 10.1. The van der Waals surface area contributed by atoms with Crippen molar-refractivity contribution in [2.75, 3.05) is 11.9 Å². The zero-order valence-electron chi connectivity index (χ0n) is 15.5. The molecule has 5 atom stereocenters. The lowest BCUT2D eigenvalue weighted by Crippen LogP contribution is -2.40. The van der Waals surface area contributed by atoms with Gasteiger partial charge < -0.3 is 30.0 Å². The minimum Gasteiger partial charge on any atom is -0.463 e. The average Bonchev–Trinajstić information content (AvgIpc) is 3.16. The number of carbonyl (C=O) groups is 3. The van der Waals surface area contributed by atoms with Crippen molar-refractivity contribution in [1.82, 2.24) is 9.55 Å². The van der Waals surface area contributed by atoms with Gasteiger partial charge in [-0.25, -0.2) is 4.98 Å². The summed E-state index contributed by atoms with van der Waals surface area (Å²) in [5, 5.41) is 2.93. The molecule has 2 aliphatic rings.